The lowest BCUT2D eigenvalue weighted by molar-refractivity contribution is -0.136. The third kappa shape index (κ3) is 3.40. The molecule has 2 aromatic rings. The summed E-state index contributed by atoms with van der Waals surface area (Å²) in [5, 5.41) is 11.4. The molecule has 0 saturated heterocycles. The molecule has 0 aliphatic heterocycles. The van der Waals surface area contributed by atoms with E-state index in [9.17, 15) is 4.79 Å². The first-order valence-electron chi connectivity index (χ1n) is 5.50. The zero-order valence-electron chi connectivity index (χ0n) is 9.60. The van der Waals surface area contributed by atoms with Crippen LogP contribution in [0.2, 0.25) is 0 Å². The Kier molecular flexibility index (Phi) is 4.49. The Bertz CT molecular complexity index is 540. The van der Waals surface area contributed by atoms with Gasteiger partial charge in [-0.05, 0) is 29.1 Å². The van der Waals surface area contributed by atoms with Crippen molar-refractivity contribution >= 4 is 33.2 Å². The van der Waals surface area contributed by atoms with E-state index in [1.165, 1.54) is 4.88 Å². The molecule has 0 unspecified atom stereocenters. The summed E-state index contributed by atoms with van der Waals surface area (Å²) < 4.78 is 0. The number of thiophene rings is 1. The summed E-state index contributed by atoms with van der Waals surface area (Å²) >= 11 is 5.06. The fourth-order valence-electron chi connectivity index (χ4n) is 1.67. The van der Waals surface area contributed by atoms with E-state index in [0.29, 0.717) is 11.8 Å². The second kappa shape index (κ2) is 6.11. The van der Waals surface area contributed by atoms with Gasteiger partial charge in [-0.2, -0.15) is 0 Å². The summed E-state index contributed by atoms with van der Waals surface area (Å²) in [4.78, 5) is 16.2. The molecule has 0 aliphatic carbocycles. The molecular formula is C13H12BrNO2S. The van der Waals surface area contributed by atoms with E-state index in [1.54, 1.807) is 11.3 Å². The molecule has 0 aliphatic rings. The van der Waals surface area contributed by atoms with Gasteiger partial charge in [-0.15, -0.1) is 11.3 Å². The number of nitrogens with zero attached hydrogens (tertiary/aromatic N) is 1. The Hall–Kier alpha value is -1.20. The Morgan fingerprint density at radius 2 is 2.17 bits per heavy atom. The van der Waals surface area contributed by atoms with Crippen LogP contribution in [0, 0.1) is 0 Å². The molecule has 94 valence electrons. The number of halogens is 1. The SMILES string of the molecule is O=C(O)CCc1cc(-c2cccs2)cc(CBr)n1. The number of carboxylic acid groups (broad SMARTS) is 1. The number of carboxylic acids is 1. The van der Waals surface area contributed by atoms with E-state index in [-0.39, 0.29) is 6.42 Å². The molecule has 0 atom stereocenters. The predicted octanol–water partition coefficient (Wildman–Crippen LogP) is 3.72. The van der Waals surface area contributed by atoms with E-state index in [2.05, 4.69) is 27.0 Å². The first-order valence-corrected chi connectivity index (χ1v) is 7.50. The number of pyridine rings is 1. The Balaban J connectivity index is 2.30. The Morgan fingerprint density at radius 3 is 2.78 bits per heavy atom. The predicted molar refractivity (Wildman–Crippen MR) is 76.1 cm³/mol. The van der Waals surface area contributed by atoms with Crippen LogP contribution in [0.15, 0.2) is 29.6 Å². The zero-order chi connectivity index (χ0) is 13.0. The van der Waals surface area contributed by atoms with Crippen LogP contribution >= 0.6 is 27.3 Å². The van der Waals surface area contributed by atoms with Gasteiger partial charge >= 0.3 is 5.97 Å². The molecule has 0 saturated carbocycles. The molecule has 2 rings (SSSR count). The van der Waals surface area contributed by atoms with Gasteiger partial charge in [0, 0.05) is 22.3 Å². The van der Waals surface area contributed by atoms with Gasteiger partial charge in [0.05, 0.1) is 12.1 Å². The number of carbonyl (C=O) groups is 1. The topological polar surface area (TPSA) is 50.2 Å². The lowest BCUT2D eigenvalue weighted by Crippen LogP contribution is -2.01. The van der Waals surface area contributed by atoms with Crippen LogP contribution in [0.1, 0.15) is 17.8 Å². The molecule has 0 amide bonds. The highest BCUT2D eigenvalue weighted by molar-refractivity contribution is 9.08. The highest BCUT2D eigenvalue weighted by Gasteiger charge is 2.07. The van der Waals surface area contributed by atoms with Crippen LogP contribution in [0.4, 0.5) is 0 Å². The Morgan fingerprint density at radius 1 is 1.39 bits per heavy atom. The minimum atomic E-state index is -0.793. The monoisotopic (exact) mass is 325 g/mol. The van der Waals surface area contributed by atoms with Crippen LogP contribution in [0.3, 0.4) is 0 Å². The number of hydrogen-bond donors (Lipinski definition) is 1. The van der Waals surface area contributed by atoms with Gasteiger partial charge in [0.2, 0.25) is 0 Å². The van der Waals surface area contributed by atoms with Crippen molar-refractivity contribution in [2.45, 2.75) is 18.2 Å². The number of alkyl halides is 1. The number of aliphatic carboxylic acids is 1. The van der Waals surface area contributed by atoms with Gasteiger partial charge in [0.1, 0.15) is 0 Å². The van der Waals surface area contributed by atoms with Crippen molar-refractivity contribution in [2.75, 3.05) is 0 Å². The quantitative estimate of drug-likeness (QED) is 0.852. The summed E-state index contributed by atoms with van der Waals surface area (Å²) in [5.41, 5.74) is 2.87. The molecule has 1 N–H and O–H groups in total. The van der Waals surface area contributed by atoms with Crippen LogP contribution in [0.25, 0.3) is 10.4 Å². The Labute approximate surface area is 118 Å². The van der Waals surface area contributed by atoms with Crippen molar-refractivity contribution in [2.24, 2.45) is 0 Å². The molecular weight excluding hydrogens is 314 g/mol. The number of hydrogen-bond acceptors (Lipinski definition) is 3. The largest absolute Gasteiger partial charge is 0.481 e. The van der Waals surface area contributed by atoms with Crippen molar-refractivity contribution < 1.29 is 9.90 Å². The van der Waals surface area contributed by atoms with E-state index < -0.39 is 5.97 Å². The molecule has 2 heterocycles. The lowest BCUT2D eigenvalue weighted by Gasteiger charge is -2.05. The summed E-state index contributed by atoms with van der Waals surface area (Å²) in [6.07, 6.45) is 0.581. The fourth-order valence-corrected chi connectivity index (χ4v) is 2.67. The molecule has 5 heteroatoms. The van der Waals surface area contributed by atoms with Crippen molar-refractivity contribution in [1.29, 1.82) is 0 Å². The summed E-state index contributed by atoms with van der Waals surface area (Å²) in [7, 11) is 0. The maximum Gasteiger partial charge on any atom is 0.303 e. The van der Waals surface area contributed by atoms with E-state index in [1.807, 2.05) is 23.6 Å². The second-order valence-electron chi connectivity index (χ2n) is 3.84. The third-order valence-electron chi connectivity index (χ3n) is 2.47. The fraction of sp³-hybridized carbons (Fsp3) is 0.231. The number of rotatable bonds is 5. The van der Waals surface area contributed by atoms with Gasteiger partial charge in [-0.1, -0.05) is 22.0 Å². The van der Waals surface area contributed by atoms with Gasteiger partial charge in [0.25, 0.3) is 0 Å². The van der Waals surface area contributed by atoms with Gasteiger partial charge in [0.15, 0.2) is 0 Å². The number of aryl methyl sites for hydroxylation is 1. The van der Waals surface area contributed by atoms with E-state index in [0.717, 1.165) is 17.0 Å². The molecule has 0 fully saturated rings. The first-order chi connectivity index (χ1) is 8.69. The van der Waals surface area contributed by atoms with Gasteiger partial charge < -0.3 is 5.11 Å². The smallest absolute Gasteiger partial charge is 0.303 e. The first kappa shape index (κ1) is 13.2. The highest BCUT2D eigenvalue weighted by atomic mass is 79.9. The summed E-state index contributed by atoms with van der Waals surface area (Å²) in [6, 6.07) is 8.07. The van der Waals surface area contributed by atoms with Crippen LogP contribution < -0.4 is 0 Å². The van der Waals surface area contributed by atoms with Crippen LogP contribution in [-0.2, 0) is 16.5 Å². The molecule has 0 aromatic carbocycles. The average Bonchev–Trinajstić information content (AvgIpc) is 2.89. The molecule has 2 aromatic heterocycles. The van der Waals surface area contributed by atoms with Crippen molar-refractivity contribution in [3.8, 4) is 10.4 Å². The van der Waals surface area contributed by atoms with Crippen molar-refractivity contribution in [3.05, 3.63) is 41.0 Å². The van der Waals surface area contributed by atoms with Gasteiger partial charge in [-0.25, -0.2) is 0 Å². The van der Waals surface area contributed by atoms with Crippen LogP contribution in [0.5, 0.6) is 0 Å². The molecule has 3 nitrogen and oxygen atoms in total. The zero-order valence-corrected chi connectivity index (χ0v) is 12.0. The van der Waals surface area contributed by atoms with Crippen LogP contribution in [-0.4, -0.2) is 16.1 Å². The normalized spacial score (nSPS) is 10.5. The molecule has 18 heavy (non-hydrogen) atoms. The lowest BCUT2D eigenvalue weighted by atomic mass is 10.1. The van der Waals surface area contributed by atoms with E-state index >= 15 is 0 Å². The van der Waals surface area contributed by atoms with Gasteiger partial charge in [-0.3, -0.25) is 9.78 Å². The second-order valence-corrected chi connectivity index (χ2v) is 5.35. The highest BCUT2D eigenvalue weighted by Crippen LogP contribution is 2.26. The third-order valence-corrected chi connectivity index (χ3v) is 3.96. The summed E-state index contributed by atoms with van der Waals surface area (Å²) in [5.74, 6) is -0.793. The van der Waals surface area contributed by atoms with Crippen molar-refractivity contribution in [1.82, 2.24) is 4.98 Å². The molecule has 0 radical (unpaired) electrons. The summed E-state index contributed by atoms with van der Waals surface area (Å²) in [6.45, 7) is 0. The number of aromatic nitrogens is 1. The maximum absolute atomic E-state index is 10.6. The standard InChI is InChI=1S/C13H12BrNO2S/c14-8-11-7-9(12-2-1-5-18-12)6-10(15-11)3-4-13(16)17/h1-2,5-7H,3-4,8H2,(H,16,17). The van der Waals surface area contributed by atoms with E-state index in [4.69, 9.17) is 5.11 Å². The average molecular weight is 326 g/mol. The minimum absolute atomic E-state index is 0.114. The maximum atomic E-state index is 10.6. The molecule has 0 spiro atoms. The minimum Gasteiger partial charge on any atom is -0.481 e. The van der Waals surface area contributed by atoms with Crippen molar-refractivity contribution in [3.63, 3.8) is 0 Å². The molecule has 0 bridgehead atoms.